The van der Waals surface area contributed by atoms with Gasteiger partial charge in [-0.05, 0) is 36.0 Å². The van der Waals surface area contributed by atoms with Crippen molar-refractivity contribution in [1.29, 1.82) is 0 Å². The van der Waals surface area contributed by atoms with Crippen molar-refractivity contribution in [3.8, 4) is 5.75 Å². The van der Waals surface area contributed by atoms with E-state index in [0.717, 1.165) is 29.7 Å². The quantitative estimate of drug-likeness (QED) is 0.794. The van der Waals surface area contributed by atoms with E-state index in [1.165, 1.54) is 19.3 Å². The molecule has 0 unspecified atom stereocenters. The molecule has 2 rings (SSSR count). The van der Waals surface area contributed by atoms with Crippen molar-refractivity contribution >= 4 is 19.7 Å². The van der Waals surface area contributed by atoms with Gasteiger partial charge in [0, 0.05) is 10.7 Å². The standard InChI is InChI=1S/C14H19ClO3S/c1-18-14-8-7-11(10-19(15,16)17)9-13(14)12-5-3-2-4-6-12/h7-9,12H,2-6,10H2,1H3. The number of halogens is 1. The summed E-state index contributed by atoms with van der Waals surface area (Å²) in [5.74, 6) is 1.20. The Morgan fingerprint density at radius 1 is 1.26 bits per heavy atom. The third-order valence-electron chi connectivity index (χ3n) is 3.68. The third-order valence-corrected chi connectivity index (χ3v) is 4.68. The van der Waals surface area contributed by atoms with Crippen LogP contribution >= 0.6 is 10.7 Å². The van der Waals surface area contributed by atoms with Crippen LogP contribution in [0.3, 0.4) is 0 Å². The Hall–Kier alpha value is -0.740. The van der Waals surface area contributed by atoms with Crippen molar-refractivity contribution < 1.29 is 13.2 Å². The van der Waals surface area contributed by atoms with Crippen LogP contribution in [0.15, 0.2) is 18.2 Å². The minimum Gasteiger partial charge on any atom is -0.496 e. The summed E-state index contributed by atoms with van der Waals surface area (Å²) < 4.78 is 27.8. The third kappa shape index (κ3) is 4.11. The molecule has 5 heteroatoms. The molecule has 1 aromatic carbocycles. The molecular formula is C14H19ClO3S. The Bertz CT molecular complexity index is 534. The summed E-state index contributed by atoms with van der Waals surface area (Å²) in [7, 11) is 3.46. The van der Waals surface area contributed by atoms with E-state index in [0.29, 0.717) is 5.92 Å². The Morgan fingerprint density at radius 2 is 1.95 bits per heavy atom. The molecule has 0 saturated heterocycles. The maximum absolute atomic E-state index is 11.2. The number of benzene rings is 1. The van der Waals surface area contributed by atoms with Gasteiger partial charge in [-0.1, -0.05) is 31.4 Å². The molecule has 3 nitrogen and oxygen atoms in total. The van der Waals surface area contributed by atoms with E-state index in [-0.39, 0.29) is 5.75 Å². The van der Waals surface area contributed by atoms with Gasteiger partial charge in [-0.15, -0.1) is 0 Å². The second-order valence-corrected chi connectivity index (χ2v) is 7.87. The molecule has 106 valence electrons. The lowest BCUT2D eigenvalue weighted by Gasteiger charge is -2.24. The first-order chi connectivity index (χ1) is 8.99. The lowest BCUT2D eigenvalue weighted by Crippen LogP contribution is -2.07. The van der Waals surface area contributed by atoms with E-state index < -0.39 is 9.05 Å². The summed E-state index contributed by atoms with van der Waals surface area (Å²) in [6.07, 6.45) is 6.03. The Labute approximate surface area is 119 Å². The Balaban J connectivity index is 2.30. The molecular weight excluding hydrogens is 284 g/mol. The van der Waals surface area contributed by atoms with Crippen LogP contribution in [0.1, 0.15) is 49.1 Å². The molecule has 0 aliphatic heterocycles. The fourth-order valence-corrected chi connectivity index (χ4v) is 3.76. The molecule has 1 aliphatic rings. The summed E-state index contributed by atoms with van der Waals surface area (Å²) in [6, 6.07) is 5.56. The highest BCUT2D eigenvalue weighted by molar-refractivity contribution is 8.13. The summed E-state index contributed by atoms with van der Waals surface area (Å²) >= 11 is 0. The molecule has 19 heavy (non-hydrogen) atoms. The first-order valence-corrected chi connectivity index (χ1v) is 9.06. The van der Waals surface area contributed by atoms with E-state index in [2.05, 4.69) is 0 Å². The second-order valence-electron chi connectivity index (χ2n) is 5.09. The van der Waals surface area contributed by atoms with Crippen molar-refractivity contribution in [2.45, 2.75) is 43.8 Å². The minimum atomic E-state index is -3.51. The van der Waals surface area contributed by atoms with Crippen LogP contribution in [0.2, 0.25) is 0 Å². The smallest absolute Gasteiger partial charge is 0.236 e. The van der Waals surface area contributed by atoms with Gasteiger partial charge in [0.2, 0.25) is 9.05 Å². The van der Waals surface area contributed by atoms with Gasteiger partial charge in [-0.2, -0.15) is 0 Å². The highest BCUT2D eigenvalue weighted by atomic mass is 35.7. The van der Waals surface area contributed by atoms with E-state index in [4.69, 9.17) is 15.4 Å². The maximum atomic E-state index is 11.2. The number of ether oxygens (including phenoxy) is 1. The van der Waals surface area contributed by atoms with Crippen LogP contribution in [-0.2, 0) is 14.8 Å². The molecule has 0 spiro atoms. The lowest BCUT2D eigenvalue weighted by atomic mass is 9.83. The monoisotopic (exact) mass is 302 g/mol. The molecule has 0 bridgehead atoms. The van der Waals surface area contributed by atoms with Crippen molar-refractivity contribution in [2.24, 2.45) is 0 Å². The second kappa shape index (κ2) is 6.14. The number of hydrogen-bond acceptors (Lipinski definition) is 3. The van der Waals surface area contributed by atoms with Crippen LogP contribution in [0.25, 0.3) is 0 Å². The van der Waals surface area contributed by atoms with E-state index in [1.807, 2.05) is 12.1 Å². The van der Waals surface area contributed by atoms with Crippen LogP contribution in [0.5, 0.6) is 5.75 Å². The zero-order valence-corrected chi connectivity index (χ0v) is 12.6. The molecule has 1 saturated carbocycles. The fraction of sp³-hybridized carbons (Fsp3) is 0.571. The predicted octanol–water partition coefficient (Wildman–Crippen LogP) is 3.81. The van der Waals surface area contributed by atoms with Gasteiger partial charge >= 0.3 is 0 Å². The Morgan fingerprint density at radius 3 is 2.53 bits per heavy atom. The largest absolute Gasteiger partial charge is 0.496 e. The summed E-state index contributed by atoms with van der Waals surface area (Å²) in [6.45, 7) is 0. The van der Waals surface area contributed by atoms with E-state index in [9.17, 15) is 8.42 Å². The number of hydrogen-bond donors (Lipinski definition) is 0. The molecule has 0 heterocycles. The molecule has 0 atom stereocenters. The predicted molar refractivity (Wildman–Crippen MR) is 77.3 cm³/mol. The first kappa shape index (κ1) is 14.7. The van der Waals surface area contributed by atoms with Gasteiger partial charge in [-0.25, -0.2) is 8.42 Å². The molecule has 0 radical (unpaired) electrons. The van der Waals surface area contributed by atoms with Crippen molar-refractivity contribution in [1.82, 2.24) is 0 Å². The summed E-state index contributed by atoms with van der Waals surface area (Å²) in [5.41, 5.74) is 1.86. The van der Waals surface area contributed by atoms with Gasteiger partial charge < -0.3 is 4.74 Å². The summed E-state index contributed by atoms with van der Waals surface area (Å²) in [4.78, 5) is 0. The maximum Gasteiger partial charge on any atom is 0.236 e. The van der Waals surface area contributed by atoms with Crippen LogP contribution in [0, 0.1) is 0 Å². The van der Waals surface area contributed by atoms with Crippen LogP contribution in [-0.4, -0.2) is 15.5 Å². The van der Waals surface area contributed by atoms with Gasteiger partial charge in [0.1, 0.15) is 5.75 Å². The molecule has 0 amide bonds. The summed E-state index contributed by atoms with van der Waals surface area (Å²) in [5, 5.41) is 0. The molecule has 1 aromatic rings. The molecule has 1 fully saturated rings. The average molecular weight is 303 g/mol. The highest BCUT2D eigenvalue weighted by Crippen LogP contribution is 2.38. The van der Waals surface area contributed by atoms with E-state index in [1.54, 1.807) is 13.2 Å². The zero-order valence-electron chi connectivity index (χ0n) is 11.1. The van der Waals surface area contributed by atoms with Crippen LogP contribution in [0.4, 0.5) is 0 Å². The minimum absolute atomic E-state index is 0.127. The molecule has 0 N–H and O–H groups in total. The first-order valence-electron chi connectivity index (χ1n) is 6.59. The topological polar surface area (TPSA) is 43.4 Å². The van der Waals surface area contributed by atoms with Crippen LogP contribution < -0.4 is 4.74 Å². The fourth-order valence-electron chi connectivity index (χ4n) is 2.81. The van der Waals surface area contributed by atoms with Gasteiger partial charge in [0.25, 0.3) is 0 Å². The number of methoxy groups -OCH3 is 1. The normalized spacial score (nSPS) is 17.4. The SMILES string of the molecule is COc1ccc(CS(=O)(=O)Cl)cc1C1CCCCC1. The highest BCUT2D eigenvalue weighted by Gasteiger charge is 2.20. The average Bonchev–Trinajstić information content (AvgIpc) is 2.38. The molecule has 1 aliphatic carbocycles. The Kier molecular flexibility index (Phi) is 4.74. The lowest BCUT2D eigenvalue weighted by molar-refractivity contribution is 0.387. The number of rotatable bonds is 4. The van der Waals surface area contributed by atoms with E-state index >= 15 is 0 Å². The van der Waals surface area contributed by atoms with Crippen molar-refractivity contribution in [3.05, 3.63) is 29.3 Å². The van der Waals surface area contributed by atoms with Gasteiger partial charge in [0.15, 0.2) is 0 Å². The van der Waals surface area contributed by atoms with Crippen molar-refractivity contribution in [3.63, 3.8) is 0 Å². The zero-order chi connectivity index (χ0) is 13.9. The van der Waals surface area contributed by atoms with Crippen molar-refractivity contribution in [2.75, 3.05) is 7.11 Å². The van der Waals surface area contributed by atoms with Gasteiger partial charge in [-0.3, -0.25) is 0 Å². The molecule has 0 aromatic heterocycles. The van der Waals surface area contributed by atoms with Gasteiger partial charge in [0.05, 0.1) is 12.9 Å².